The van der Waals surface area contributed by atoms with E-state index in [-0.39, 0.29) is 0 Å². The summed E-state index contributed by atoms with van der Waals surface area (Å²) in [6, 6.07) is 4.25. The van der Waals surface area contributed by atoms with Crippen LogP contribution < -0.4 is 0 Å². The average molecular weight is 272 g/mol. The quantitative estimate of drug-likeness (QED) is 0.852. The molecule has 2 aromatic heterocycles. The van der Waals surface area contributed by atoms with Gasteiger partial charge in [0.05, 0.1) is 16.5 Å². The van der Waals surface area contributed by atoms with Crippen molar-refractivity contribution in [3.05, 3.63) is 24.0 Å². The number of nitrogens with zero attached hydrogens (tertiary/aromatic N) is 6. The minimum absolute atomic E-state index is 0.389. The van der Waals surface area contributed by atoms with Crippen molar-refractivity contribution in [1.82, 2.24) is 25.2 Å². The van der Waals surface area contributed by atoms with Crippen LogP contribution in [-0.4, -0.2) is 25.2 Å². The maximum absolute atomic E-state index is 9.08. The van der Waals surface area contributed by atoms with E-state index < -0.39 is 0 Å². The first kappa shape index (κ1) is 12.1. The van der Waals surface area contributed by atoms with Crippen molar-refractivity contribution in [2.75, 3.05) is 0 Å². The summed E-state index contributed by atoms with van der Waals surface area (Å²) in [7, 11) is 0. The third kappa shape index (κ3) is 2.44. The zero-order chi connectivity index (χ0) is 13.1. The van der Waals surface area contributed by atoms with Gasteiger partial charge in [-0.2, -0.15) is 5.26 Å². The lowest BCUT2D eigenvalue weighted by atomic mass is 10.3. The van der Waals surface area contributed by atoms with E-state index in [0.29, 0.717) is 11.6 Å². The van der Waals surface area contributed by atoms with Crippen molar-refractivity contribution < 1.29 is 0 Å². The van der Waals surface area contributed by atoms with Gasteiger partial charge in [-0.3, -0.25) is 4.98 Å². The lowest BCUT2D eigenvalue weighted by Gasteiger charge is -2.10. The molecular weight excluding hydrogens is 260 g/mol. The second-order valence-corrected chi connectivity index (χ2v) is 5.44. The zero-order valence-corrected chi connectivity index (χ0v) is 11.0. The number of nitriles is 1. The second kappa shape index (κ2) is 5.36. The summed E-state index contributed by atoms with van der Waals surface area (Å²) in [4.78, 5) is 4.84. The Hall–Kier alpha value is -1.94. The molecule has 0 radical (unpaired) electrons. The predicted octanol–water partition coefficient (Wildman–Crippen LogP) is 2.21. The van der Waals surface area contributed by atoms with Crippen LogP contribution >= 0.6 is 11.8 Å². The summed E-state index contributed by atoms with van der Waals surface area (Å²) in [6.45, 7) is 0. The molecule has 0 bridgehead atoms. The molecule has 0 aliphatic heterocycles. The highest BCUT2D eigenvalue weighted by Gasteiger charge is 2.22. The van der Waals surface area contributed by atoms with E-state index in [0.717, 1.165) is 22.9 Å². The van der Waals surface area contributed by atoms with Crippen LogP contribution in [0.3, 0.4) is 0 Å². The van der Waals surface area contributed by atoms with Crippen LogP contribution in [0.25, 0.3) is 0 Å². The molecule has 7 heteroatoms. The molecule has 2 heterocycles. The van der Waals surface area contributed by atoms with Gasteiger partial charge >= 0.3 is 0 Å². The largest absolute Gasteiger partial charge is 0.263 e. The molecular formula is C12H12N6S. The Morgan fingerprint density at radius 2 is 2.21 bits per heavy atom. The first-order valence-electron chi connectivity index (χ1n) is 6.18. The van der Waals surface area contributed by atoms with E-state index in [1.165, 1.54) is 24.6 Å². The molecule has 0 unspecified atom stereocenters. The number of tetrazole rings is 1. The molecule has 1 aliphatic rings. The highest BCUT2D eigenvalue weighted by molar-refractivity contribution is 7.99. The van der Waals surface area contributed by atoms with Crippen LogP contribution in [0.4, 0.5) is 0 Å². The molecule has 2 aromatic rings. The smallest absolute Gasteiger partial charge is 0.214 e. The summed E-state index contributed by atoms with van der Waals surface area (Å²) in [5, 5.41) is 21.7. The topological polar surface area (TPSA) is 80.3 Å². The molecule has 3 rings (SSSR count). The van der Waals surface area contributed by atoms with Gasteiger partial charge < -0.3 is 0 Å². The minimum Gasteiger partial charge on any atom is -0.263 e. The monoisotopic (exact) mass is 272 g/mol. The van der Waals surface area contributed by atoms with E-state index in [9.17, 15) is 0 Å². The molecule has 96 valence electrons. The van der Waals surface area contributed by atoms with E-state index >= 15 is 0 Å². The van der Waals surface area contributed by atoms with Crippen molar-refractivity contribution in [3.8, 4) is 6.07 Å². The van der Waals surface area contributed by atoms with E-state index in [1.807, 2.05) is 4.68 Å². The van der Waals surface area contributed by atoms with Gasteiger partial charge in [0.2, 0.25) is 5.16 Å². The standard InChI is InChI=1S/C12H12N6S/c13-7-9-5-6-14-8-11(9)19-12-15-16-17-18(12)10-3-1-2-4-10/h5-6,8,10H,1-4H2. The summed E-state index contributed by atoms with van der Waals surface area (Å²) in [6.07, 6.45) is 7.99. The van der Waals surface area contributed by atoms with Crippen LogP contribution in [0.5, 0.6) is 0 Å². The highest BCUT2D eigenvalue weighted by atomic mass is 32.2. The van der Waals surface area contributed by atoms with Crippen molar-refractivity contribution in [1.29, 1.82) is 5.26 Å². The molecule has 0 atom stereocenters. The molecule has 6 nitrogen and oxygen atoms in total. The van der Waals surface area contributed by atoms with Crippen LogP contribution in [0.1, 0.15) is 37.3 Å². The van der Waals surface area contributed by atoms with Crippen LogP contribution in [-0.2, 0) is 0 Å². The summed E-state index contributed by atoms with van der Waals surface area (Å²) < 4.78 is 1.88. The Kier molecular flexibility index (Phi) is 3.42. The molecule has 0 N–H and O–H groups in total. The molecule has 1 saturated carbocycles. The minimum atomic E-state index is 0.389. The zero-order valence-electron chi connectivity index (χ0n) is 10.2. The van der Waals surface area contributed by atoms with Crippen molar-refractivity contribution in [3.63, 3.8) is 0 Å². The molecule has 1 aliphatic carbocycles. The maximum atomic E-state index is 9.08. The Balaban J connectivity index is 1.88. The fraction of sp³-hybridized carbons (Fsp3) is 0.417. The fourth-order valence-corrected chi connectivity index (χ4v) is 3.17. The number of pyridine rings is 1. The Labute approximate surface area is 114 Å². The average Bonchev–Trinajstić information content (AvgIpc) is 3.09. The lowest BCUT2D eigenvalue weighted by molar-refractivity contribution is 0.423. The summed E-state index contributed by atoms with van der Waals surface area (Å²) >= 11 is 1.40. The lowest BCUT2D eigenvalue weighted by Crippen LogP contribution is -2.08. The van der Waals surface area contributed by atoms with E-state index in [4.69, 9.17) is 5.26 Å². The van der Waals surface area contributed by atoms with Gasteiger partial charge in [0, 0.05) is 12.4 Å². The second-order valence-electron chi connectivity index (χ2n) is 4.43. The number of rotatable bonds is 3. The molecule has 0 saturated heterocycles. The fourth-order valence-electron chi connectivity index (χ4n) is 2.28. The third-order valence-electron chi connectivity index (χ3n) is 3.24. The normalized spacial score (nSPS) is 15.5. The molecule has 0 aromatic carbocycles. The molecule has 1 fully saturated rings. The van der Waals surface area contributed by atoms with Gasteiger partial charge in [-0.15, -0.1) is 5.10 Å². The van der Waals surface area contributed by atoms with Gasteiger partial charge in [0.15, 0.2) is 0 Å². The molecule has 0 amide bonds. The molecule has 19 heavy (non-hydrogen) atoms. The van der Waals surface area contributed by atoms with Crippen molar-refractivity contribution >= 4 is 11.8 Å². The van der Waals surface area contributed by atoms with Gasteiger partial charge in [0.1, 0.15) is 6.07 Å². The van der Waals surface area contributed by atoms with E-state index in [1.54, 1.807) is 18.5 Å². The van der Waals surface area contributed by atoms with E-state index in [2.05, 4.69) is 26.6 Å². The van der Waals surface area contributed by atoms with Crippen molar-refractivity contribution in [2.24, 2.45) is 0 Å². The maximum Gasteiger partial charge on any atom is 0.214 e. The van der Waals surface area contributed by atoms with Crippen LogP contribution in [0.15, 0.2) is 28.5 Å². The summed E-state index contributed by atoms with van der Waals surface area (Å²) in [5.74, 6) is 0. The number of hydrogen-bond donors (Lipinski definition) is 0. The first-order chi connectivity index (χ1) is 9.38. The first-order valence-corrected chi connectivity index (χ1v) is 7.00. The molecule has 0 spiro atoms. The Bertz CT molecular complexity index is 611. The highest BCUT2D eigenvalue weighted by Crippen LogP contribution is 2.34. The summed E-state index contributed by atoms with van der Waals surface area (Å²) in [5.41, 5.74) is 0.598. The van der Waals surface area contributed by atoms with Gasteiger partial charge in [-0.25, -0.2) is 4.68 Å². The third-order valence-corrected chi connectivity index (χ3v) is 4.24. The van der Waals surface area contributed by atoms with Gasteiger partial charge in [-0.1, -0.05) is 12.8 Å². The number of hydrogen-bond acceptors (Lipinski definition) is 6. The van der Waals surface area contributed by atoms with Crippen LogP contribution in [0, 0.1) is 11.3 Å². The van der Waals surface area contributed by atoms with Gasteiger partial charge in [0.25, 0.3) is 0 Å². The predicted molar refractivity (Wildman–Crippen MR) is 68.4 cm³/mol. The Morgan fingerprint density at radius 3 is 3.00 bits per heavy atom. The Morgan fingerprint density at radius 1 is 1.37 bits per heavy atom. The number of aromatic nitrogens is 5. The van der Waals surface area contributed by atoms with Gasteiger partial charge in [-0.05, 0) is 41.1 Å². The van der Waals surface area contributed by atoms with Crippen molar-refractivity contribution in [2.45, 2.75) is 41.8 Å². The SMILES string of the molecule is N#Cc1ccncc1Sc1nnnn1C1CCCC1. The van der Waals surface area contributed by atoms with Crippen LogP contribution in [0.2, 0.25) is 0 Å².